The Bertz CT molecular complexity index is 1060. The van der Waals surface area contributed by atoms with E-state index in [4.69, 9.17) is 4.42 Å². The number of benzene rings is 1. The van der Waals surface area contributed by atoms with E-state index >= 15 is 0 Å². The van der Waals surface area contributed by atoms with Crippen LogP contribution in [0.5, 0.6) is 0 Å². The standard InChI is InChI=1S/C20H19N2O/c1-12-5-8-17(22(4)11-12)19-13(2)6-7-15-16-9-14(3)21-10-18(16)23-20(15)19/h5-11H,1-4H3/q+1. The molecule has 0 unspecified atom stereocenters. The van der Waals surface area contributed by atoms with Crippen molar-refractivity contribution in [3.05, 3.63) is 59.5 Å². The van der Waals surface area contributed by atoms with Crippen LogP contribution in [0.3, 0.4) is 0 Å². The van der Waals surface area contributed by atoms with Gasteiger partial charge >= 0.3 is 0 Å². The Morgan fingerprint density at radius 3 is 2.61 bits per heavy atom. The quantitative estimate of drug-likeness (QED) is 0.488. The molecule has 23 heavy (non-hydrogen) atoms. The Hall–Kier alpha value is -2.68. The zero-order chi connectivity index (χ0) is 16.1. The highest BCUT2D eigenvalue weighted by Crippen LogP contribution is 2.36. The van der Waals surface area contributed by atoms with Crippen LogP contribution >= 0.6 is 0 Å². The van der Waals surface area contributed by atoms with E-state index in [1.807, 2.05) is 13.1 Å². The maximum Gasteiger partial charge on any atom is 0.216 e. The number of fused-ring (bicyclic) bond motifs is 3. The van der Waals surface area contributed by atoms with Crippen molar-refractivity contribution in [1.29, 1.82) is 0 Å². The van der Waals surface area contributed by atoms with Crippen LogP contribution in [0.2, 0.25) is 0 Å². The molecule has 0 radical (unpaired) electrons. The molecule has 0 bridgehead atoms. The second-order valence-corrected chi connectivity index (χ2v) is 6.26. The highest BCUT2D eigenvalue weighted by molar-refractivity contribution is 6.09. The Labute approximate surface area is 135 Å². The molecule has 0 aliphatic heterocycles. The van der Waals surface area contributed by atoms with Gasteiger partial charge in [0, 0.05) is 28.1 Å². The second-order valence-electron chi connectivity index (χ2n) is 6.26. The van der Waals surface area contributed by atoms with Gasteiger partial charge in [0.15, 0.2) is 11.8 Å². The minimum absolute atomic E-state index is 0.840. The number of aryl methyl sites for hydroxylation is 4. The molecule has 114 valence electrons. The summed E-state index contributed by atoms with van der Waals surface area (Å²) in [6.45, 7) is 6.24. The molecule has 3 heterocycles. The van der Waals surface area contributed by atoms with E-state index in [0.717, 1.165) is 38.9 Å². The van der Waals surface area contributed by atoms with Crippen LogP contribution in [0.15, 0.2) is 47.1 Å². The normalized spacial score (nSPS) is 11.5. The van der Waals surface area contributed by atoms with Crippen molar-refractivity contribution in [3.8, 4) is 11.3 Å². The van der Waals surface area contributed by atoms with Gasteiger partial charge < -0.3 is 4.42 Å². The van der Waals surface area contributed by atoms with Gasteiger partial charge in [0.2, 0.25) is 5.69 Å². The van der Waals surface area contributed by atoms with Gasteiger partial charge in [0.1, 0.15) is 12.6 Å². The summed E-state index contributed by atoms with van der Waals surface area (Å²) in [4.78, 5) is 4.36. The number of pyridine rings is 2. The summed E-state index contributed by atoms with van der Waals surface area (Å²) in [7, 11) is 2.08. The first-order valence-corrected chi connectivity index (χ1v) is 7.80. The molecule has 0 N–H and O–H groups in total. The minimum Gasteiger partial charge on any atom is -0.454 e. The molecule has 3 heteroatoms. The molecule has 0 spiro atoms. The van der Waals surface area contributed by atoms with Gasteiger partial charge in [-0.1, -0.05) is 12.1 Å². The van der Waals surface area contributed by atoms with E-state index in [0.29, 0.717) is 0 Å². The van der Waals surface area contributed by atoms with E-state index in [2.05, 4.69) is 67.0 Å². The van der Waals surface area contributed by atoms with Crippen LogP contribution in [0.1, 0.15) is 16.8 Å². The Morgan fingerprint density at radius 2 is 1.83 bits per heavy atom. The molecule has 3 aromatic heterocycles. The van der Waals surface area contributed by atoms with Crippen LogP contribution < -0.4 is 4.57 Å². The lowest BCUT2D eigenvalue weighted by molar-refractivity contribution is -0.660. The summed E-state index contributed by atoms with van der Waals surface area (Å²) in [6.07, 6.45) is 3.96. The molecule has 0 fully saturated rings. The van der Waals surface area contributed by atoms with Gasteiger partial charge in [-0.25, -0.2) is 4.57 Å². The Balaban J connectivity index is 2.13. The van der Waals surface area contributed by atoms with Crippen molar-refractivity contribution in [1.82, 2.24) is 4.98 Å². The highest BCUT2D eigenvalue weighted by Gasteiger charge is 2.20. The molecule has 0 saturated heterocycles. The summed E-state index contributed by atoms with van der Waals surface area (Å²) < 4.78 is 8.34. The van der Waals surface area contributed by atoms with E-state index in [1.165, 1.54) is 11.1 Å². The molecule has 0 aliphatic rings. The van der Waals surface area contributed by atoms with Crippen LogP contribution in [0.4, 0.5) is 0 Å². The van der Waals surface area contributed by atoms with E-state index in [1.54, 1.807) is 0 Å². The predicted molar refractivity (Wildman–Crippen MR) is 92.3 cm³/mol. The van der Waals surface area contributed by atoms with Crippen molar-refractivity contribution < 1.29 is 8.98 Å². The van der Waals surface area contributed by atoms with Gasteiger partial charge in [-0.2, -0.15) is 0 Å². The lowest BCUT2D eigenvalue weighted by Gasteiger charge is -2.05. The fourth-order valence-electron chi connectivity index (χ4n) is 3.27. The third-order valence-electron chi connectivity index (χ3n) is 4.41. The highest BCUT2D eigenvalue weighted by atomic mass is 16.3. The molecule has 1 aromatic carbocycles. The monoisotopic (exact) mass is 303 g/mol. The maximum absolute atomic E-state index is 6.18. The maximum atomic E-state index is 6.18. The van der Waals surface area contributed by atoms with E-state index < -0.39 is 0 Å². The third kappa shape index (κ3) is 2.12. The number of hydrogen-bond acceptors (Lipinski definition) is 2. The molecular formula is C20H19N2O+. The molecule has 0 atom stereocenters. The zero-order valence-electron chi connectivity index (χ0n) is 13.8. The van der Waals surface area contributed by atoms with Crippen LogP contribution in [-0.2, 0) is 7.05 Å². The zero-order valence-corrected chi connectivity index (χ0v) is 13.8. The summed E-state index contributed by atoms with van der Waals surface area (Å²) in [5.41, 5.74) is 7.54. The predicted octanol–water partition coefficient (Wildman–Crippen LogP) is 4.40. The lowest BCUT2D eigenvalue weighted by Crippen LogP contribution is -2.31. The SMILES string of the molecule is Cc1ccc(-c2c(C)ccc3c2oc2cnc(C)cc23)[n+](C)c1. The van der Waals surface area contributed by atoms with Gasteiger partial charge in [0.25, 0.3) is 0 Å². The Kier molecular flexibility index (Phi) is 2.98. The summed E-state index contributed by atoms with van der Waals surface area (Å²) in [6, 6.07) is 10.7. The number of hydrogen-bond donors (Lipinski definition) is 0. The number of furan rings is 1. The minimum atomic E-state index is 0.840. The first-order valence-electron chi connectivity index (χ1n) is 7.80. The molecule has 0 aliphatic carbocycles. The largest absolute Gasteiger partial charge is 0.454 e. The third-order valence-corrected chi connectivity index (χ3v) is 4.41. The van der Waals surface area contributed by atoms with Gasteiger partial charge in [0.05, 0.1) is 11.8 Å². The fourth-order valence-corrected chi connectivity index (χ4v) is 3.27. The number of nitrogens with zero attached hydrogens (tertiary/aromatic N) is 2. The van der Waals surface area contributed by atoms with Crippen molar-refractivity contribution in [3.63, 3.8) is 0 Å². The molecular weight excluding hydrogens is 284 g/mol. The van der Waals surface area contributed by atoms with Gasteiger partial charge in [-0.05, 0) is 38.5 Å². The van der Waals surface area contributed by atoms with Crippen LogP contribution in [-0.4, -0.2) is 4.98 Å². The average Bonchev–Trinajstić information content (AvgIpc) is 2.86. The first kappa shape index (κ1) is 13.9. The molecule has 0 saturated carbocycles. The van der Waals surface area contributed by atoms with Crippen LogP contribution in [0, 0.1) is 20.8 Å². The first-order chi connectivity index (χ1) is 11.0. The fraction of sp³-hybridized carbons (Fsp3) is 0.200. The number of rotatable bonds is 1. The van der Waals surface area contributed by atoms with Gasteiger partial charge in [-0.3, -0.25) is 4.98 Å². The molecule has 3 nitrogen and oxygen atoms in total. The van der Waals surface area contributed by atoms with Crippen molar-refractivity contribution in [2.75, 3.05) is 0 Å². The molecule has 4 rings (SSSR count). The van der Waals surface area contributed by atoms with Crippen molar-refractivity contribution in [2.24, 2.45) is 7.05 Å². The average molecular weight is 303 g/mol. The van der Waals surface area contributed by atoms with E-state index in [-0.39, 0.29) is 0 Å². The van der Waals surface area contributed by atoms with Crippen molar-refractivity contribution in [2.45, 2.75) is 20.8 Å². The topological polar surface area (TPSA) is 29.9 Å². The summed E-state index contributed by atoms with van der Waals surface area (Å²) in [5, 5.41) is 2.27. The second kappa shape index (κ2) is 4.92. The molecule has 4 aromatic rings. The smallest absolute Gasteiger partial charge is 0.216 e. The van der Waals surface area contributed by atoms with Crippen LogP contribution in [0.25, 0.3) is 33.2 Å². The Morgan fingerprint density at radius 1 is 1.00 bits per heavy atom. The number of aromatic nitrogens is 2. The van der Waals surface area contributed by atoms with Gasteiger partial charge in [-0.15, -0.1) is 0 Å². The summed E-state index contributed by atoms with van der Waals surface area (Å²) in [5.74, 6) is 0. The summed E-state index contributed by atoms with van der Waals surface area (Å²) >= 11 is 0. The lowest BCUT2D eigenvalue weighted by atomic mass is 10.0. The van der Waals surface area contributed by atoms with E-state index in [9.17, 15) is 0 Å². The molecule has 0 amide bonds. The van der Waals surface area contributed by atoms with Crippen molar-refractivity contribution >= 4 is 21.9 Å².